The van der Waals surface area contributed by atoms with E-state index in [1.165, 1.54) is 6.26 Å². The second-order valence-corrected chi connectivity index (χ2v) is 8.31. The zero-order valence-corrected chi connectivity index (χ0v) is 16.4. The molecule has 1 saturated carbocycles. The SMILES string of the molecule is O=c1[nH]c(C2CC2)nc2c1CN(Cc1coc3c(Cl)cc(Cl)cc3c1=O)CC2. The van der Waals surface area contributed by atoms with Gasteiger partial charge in [0.1, 0.15) is 5.82 Å². The predicted molar refractivity (Wildman–Crippen MR) is 107 cm³/mol. The summed E-state index contributed by atoms with van der Waals surface area (Å²) < 4.78 is 5.60. The Labute approximate surface area is 170 Å². The fraction of sp³-hybridized carbons (Fsp3) is 0.350. The molecule has 6 nitrogen and oxygen atoms in total. The van der Waals surface area contributed by atoms with E-state index in [1.807, 2.05) is 0 Å². The minimum absolute atomic E-state index is 0.0688. The van der Waals surface area contributed by atoms with E-state index >= 15 is 0 Å². The van der Waals surface area contributed by atoms with E-state index in [9.17, 15) is 9.59 Å². The van der Waals surface area contributed by atoms with Crippen LogP contribution in [0.4, 0.5) is 0 Å². The number of halogens is 2. The van der Waals surface area contributed by atoms with Crippen LogP contribution in [0.5, 0.6) is 0 Å². The smallest absolute Gasteiger partial charge is 0.255 e. The Balaban J connectivity index is 1.44. The Bertz CT molecular complexity index is 1210. The van der Waals surface area contributed by atoms with Gasteiger partial charge in [0.05, 0.1) is 27.9 Å². The van der Waals surface area contributed by atoms with Gasteiger partial charge in [-0.05, 0) is 25.0 Å². The average molecular weight is 418 g/mol. The number of aromatic amines is 1. The van der Waals surface area contributed by atoms with E-state index in [2.05, 4.69) is 14.9 Å². The van der Waals surface area contributed by atoms with Crippen LogP contribution in [0.1, 0.15) is 41.4 Å². The van der Waals surface area contributed by atoms with Gasteiger partial charge in [0.15, 0.2) is 11.0 Å². The number of rotatable bonds is 3. The molecule has 0 unspecified atom stereocenters. The molecule has 1 N–H and O–H groups in total. The summed E-state index contributed by atoms with van der Waals surface area (Å²) in [6.07, 6.45) is 4.33. The first kappa shape index (κ1) is 17.9. The van der Waals surface area contributed by atoms with Gasteiger partial charge in [-0.1, -0.05) is 23.2 Å². The number of hydrogen-bond donors (Lipinski definition) is 1. The van der Waals surface area contributed by atoms with Crippen LogP contribution in [0.3, 0.4) is 0 Å². The second kappa shape index (κ2) is 6.72. The maximum absolute atomic E-state index is 12.9. The Morgan fingerprint density at radius 2 is 2.07 bits per heavy atom. The van der Waals surface area contributed by atoms with Crippen LogP contribution in [0.2, 0.25) is 10.0 Å². The highest BCUT2D eigenvalue weighted by Gasteiger charge is 2.29. The summed E-state index contributed by atoms with van der Waals surface area (Å²) in [6.45, 7) is 1.56. The maximum atomic E-state index is 12.9. The minimum atomic E-state index is -0.160. The number of fused-ring (bicyclic) bond motifs is 2. The Kier molecular flexibility index (Phi) is 4.30. The summed E-state index contributed by atoms with van der Waals surface area (Å²) >= 11 is 12.2. The lowest BCUT2D eigenvalue weighted by Crippen LogP contribution is -2.36. The van der Waals surface area contributed by atoms with Gasteiger partial charge >= 0.3 is 0 Å². The van der Waals surface area contributed by atoms with Crippen LogP contribution >= 0.6 is 23.2 Å². The minimum Gasteiger partial charge on any atom is -0.462 e. The van der Waals surface area contributed by atoms with Gasteiger partial charge < -0.3 is 9.40 Å². The lowest BCUT2D eigenvalue weighted by Gasteiger charge is -2.27. The van der Waals surface area contributed by atoms with Crippen LogP contribution < -0.4 is 11.0 Å². The Morgan fingerprint density at radius 1 is 1.25 bits per heavy atom. The van der Waals surface area contributed by atoms with Crippen molar-refractivity contribution in [2.75, 3.05) is 6.54 Å². The molecule has 0 spiro atoms. The normalized spacial score (nSPS) is 17.1. The number of hydrogen-bond acceptors (Lipinski definition) is 5. The average Bonchev–Trinajstić information content (AvgIpc) is 3.50. The zero-order valence-electron chi connectivity index (χ0n) is 14.9. The van der Waals surface area contributed by atoms with Gasteiger partial charge in [0, 0.05) is 42.6 Å². The first-order valence-corrected chi connectivity index (χ1v) is 9.99. The molecule has 0 amide bonds. The standard InChI is InChI=1S/C20H17Cl2N3O3/c21-12-5-13-17(26)11(9-28-18(13)15(22)6-12)7-25-4-3-16-14(8-25)20(27)24-19(23-16)10-1-2-10/h5-6,9-10H,1-4,7-8H2,(H,23,24,27). The Morgan fingerprint density at radius 3 is 2.86 bits per heavy atom. The summed E-state index contributed by atoms with van der Waals surface area (Å²) in [5.74, 6) is 1.23. The highest BCUT2D eigenvalue weighted by Crippen LogP contribution is 2.37. The number of nitrogens with zero attached hydrogens (tertiary/aromatic N) is 2. The topological polar surface area (TPSA) is 79.2 Å². The van der Waals surface area contributed by atoms with Crippen LogP contribution in [0, 0.1) is 0 Å². The molecule has 0 radical (unpaired) electrons. The fourth-order valence-corrected chi connectivity index (χ4v) is 4.28. The third-order valence-electron chi connectivity index (χ3n) is 5.39. The zero-order chi connectivity index (χ0) is 19.4. The molecule has 8 heteroatoms. The summed E-state index contributed by atoms with van der Waals surface area (Å²) in [5, 5.41) is 1.06. The molecular formula is C20H17Cl2N3O3. The maximum Gasteiger partial charge on any atom is 0.255 e. The van der Waals surface area contributed by atoms with Crippen LogP contribution in [-0.2, 0) is 19.5 Å². The molecule has 28 heavy (non-hydrogen) atoms. The number of nitrogens with one attached hydrogen (secondary N) is 1. The summed E-state index contributed by atoms with van der Waals surface area (Å²) in [5.41, 5.74) is 2.18. The van der Waals surface area contributed by atoms with E-state index in [4.69, 9.17) is 27.6 Å². The molecule has 0 saturated heterocycles. The van der Waals surface area contributed by atoms with Crippen molar-refractivity contribution in [2.45, 2.75) is 38.3 Å². The quantitative estimate of drug-likeness (QED) is 0.703. The second-order valence-electron chi connectivity index (χ2n) is 7.47. The molecule has 1 aliphatic carbocycles. The fourth-order valence-electron chi connectivity index (χ4n) is 3.74. The molecule has 1 aromatic carbocycles. The third kappa shape index (κ3) is 3.15. The molecule has 144 valence electrons. The van der Waals surface area contributed by atoms with Crippen LogP contribution in [-0.4, -0.2) is 21.4 Å². The predicted octanol–water partition coefficient (Wildman–Crippen LogP) is 3.62. The lowest BCUT2D eigenvalue weighted by atomic mass is 10.1. The van der Waals surface area contributed by atoms with Crippen molar-refractivity contribution in [2.24, 2.45) is 0 Å². The number of aromatic nitrogens is 2. The molecule has 2 aliphatic rings. The van der Waals surface area contributed by atoms with Crippen molar-refractivity contribution in [3.8, 4) is 0 Å². The lowest BCUT2D eigenvalue weighted by molar-refractivity contribution is 0.239. The van der Waals surface area contributed by atoms with Gasteiger partial charge in [-0.2, -0.15) is 0 Å². The first-order chi connectivity index (χ1) is 13.5. The van der Waals surface area contributed by atoms with Gasteiger partial charge in [0.25, 0.3) is 5.56 Å². The first-order valence-electron chi connectivity index (χ1n) is 9.23. The van der Waals surface area contributed by atoms with Crippen molar-refractivity contribution >= 4 is 34.2 Å². The molecule has 1 aliphatic heterocycles. The van der Waals surface area contributed by atoms with Crippen molar-refractivity contribution < 1.29 is 4.42 Å². The van der Waals surface area contributed by atoms with Crippen molar-refractivity contribution in [3.63, 3.8) is 0 Å². The van der Waals surface area contributed by atoms with E-state index in [0.717, 1.165) is 30.9 Å². The molecular weight excluding hydrogens is 401 g/mol. The van der Waals surface area contributed by atoms with E-state index in [-0.39, 0.29) is 11.0 Å². The van der Waals surface area contributed by atoms with Crippen molar-refractivity contribution in [1.29, 1.82) is 0 Å². The molecule has 0 bridgehead atoms. The Hall–Kier alpha value is -2.15. The number of benzene rings is 1. The monoisotopic (exact) mass is 417 g/mol. The molecule has 5 rings (SSSR count). The third-order valence-corrected chi connectivity index (χ3v) is 5.89. The van der Waals surface area contributed by atoms with E-state index in [0.29, 0.717) is 57.6 Å². The van der Waals surface area contributed by atoms with Crippen LogP contribution in [0.25, 0.3) is 11.0 Å². The molecule has 3 aromatic rings. The van der Waals surface area contributed by atoms with Crippen molar-refractivity contribution in [1.82, 2.24) is 14.9 Å². The highest BCUT2D eigenvalue weighted by atomic mass is 35.5. The van der Waals surface area contributed by atoms with Gasteiger partial charge in [-0.25, -0.2) is 4.98 Å². The highest BCUT2D eigenvalue weighted by molar-refractivity contribution is 6.38. The van der Waals surface area contributed by atoms with Gasteiger partial charge in [0.2, 0.25) is 0 Å². The molecule has 0 atom stereocenters. The summed E-state index contributed by atoms with van der Waals surface area (Å²) in [6, 6.07) is 3.11. The molecule has 2 aromatic heterocycles. The summed E-state index contributed by atoms with van der Waals surface area (Å²) in [7, 11) is 0. The molecule has 1 fully saturated rings. The van der Waals surface area contributed by atoms with Gasteiger partial charge in [-0.15, -0.1) is 0 Å². The van der Waals surface area contributed by atoms with Crippen LogP contribution in [0.15, 0.2) is 32.4 Å². The van der Waals surface area contributed by atoms with E-state index < -0.39 is 0 Å². The largest absolute Gasteiger partial charge is 0.462 e. The van der Waals surface area contributed by atoms with Gasteiger partial charge in [-0.3, -0.25) is 14.5 Å². The van der Waals surface area contributed by atoms with E-state index in [1.54, 1.807) is 12.1 Å². The molecule has 3 heterocycles. The number of H-pyrrole nitrogens is 1. The van der Waals surface area contributed by atoms with Crippen molar-refractivity contribution in [3.05, 3.63) is 71.7 Å². The summed E-state index contributed by atoms with van der Waals surface area (Å²) in [4.78, 5) is 35.0.